The maximum Gasteiger partial charge on any atom is 0.326 e. The zero-order chi connectivity index (χ0) is 11.3. The van der Waals surface area contributed by atoms with Crippen LogP contribution in [0.25, 0.3) is 0 Å². The molecule has 0 fully saturated rings. The van der Waals surface area contributed by atoms with E-state index in [0.29, 0.717) is 12.1 Å². The van der Waals surface area contributed by atoms with Crippen LogP contribution in [-0.2, 0) is 4.79 Å². The molecule has 0 radical (unpaired) electrons. The summed E-state index contributed by atoms with van der Waals surface area (Å²) >= 11 is 0. The molecule has 0 heterocycles. The Kier molecular flexibility index (Phi) is 4.09. The molecular weight excluding hydrogens is 197 g/mol. The Bertz CT molecular complexity index is 324. The van der Waals surface area contributed by atoms with E-state index in [1.54, 1.807) is 0 Å². The van der Waals surface area contributed by atoms with E-state index in [1.807, 2.05) is 6.92 Å². The molecule has 82 valence electrons. The zero-order valence-electron chi connectivity index (χ0n) is 8.53. The van der Waals surface area contributed by atoms with Gasteiger partial charge in [0.2, 0.25) is 0 Å². The van der Waals surface area contributed by atoms with Crippen molar-refractivity contribution in [3.05, 3.63) is 30.1 Å². The van der Waals surface area contributed by atoms with Crippen molar-refractivity contribution < 1.29 is 14.3 Å². The summed E-state index contributed by atoms with van der Waals surface area (Å²) in [5.41, 5.74) is 0.622. The number of carboxylic acids is 1. The second-order valence-corrected chi connectivity index (χ2v) is 3.33. The number of carboxylic acid groups (broad SMARTS) is 1. The Labute approximate surface area is 87.9 Å². The molecule has 1 unspecified atom stereocenters. The minimum Gasteiger partial charge on any atom is -0.480 e. The molecule has 0 aliphatic rings. The minimum atomic E-state index is -0.888. The van der Waals surface area contributed by atoms with Crippen LogP contribution in [0.5, 0.6) is 0 Å². The van der Waals surface area contributed by atoms with E-state index < -0.39 is 12.0 Å². The monoisotopic (exact) mass is 211 g/mol. The molecule has 1 atom stereocenters. The van der Waals surface area contributed by atoms with Crippen molar-refractivity contribution in [1.82, 2.24) is 0 Å². The lowest BCUT2D eigenvalue weighted by atomic mass is 10.1. The summed E-state index contributed by atoms with van der Waals surface area (Å²) in [5.74, 6) is -1.22. The number of carbonyl (C=O) groups is 1. The van der Waals surface area contributed by atoms with Gasteiger partial charge in [-0.2, -0.15) is 0 Å². The van der Waals surface area contributed by atoms with Crippen LogP contribution in [0.1, 0.15) is 19.8 Å². The van der Waals surface area contributed by atoms with E-state index in [1.165, 1.54) is 24.3 Å². The predicted octanol–water partition coefficient (Wildman–Crippen LogP) is 2.49. The van der Waals surface area contributed by atoms with E-state index in [4.69, 9.17) is 5.11 Å². The highest BCUT2D eigenvalue weighted by atomic mass is 19.1. The summed E-state index contributed by atoms with van der Waals surface area (Å²) in [5, 5.41) is 11.7. The minimum absolute atomic E-state index is 0.331. The second kappa shape index (κ2) is 5.34. The van der Waals surface area contributed by atoms with E-state index in [0.717, 1.165) is 6.42 Å². The lowest BCUT2D eigenvalue weighted by Gasteiger charge is -2.14. The fraction of sp³-hybridized carbons (Fsp3) is 0.364. The molecular formula is C11H14FNO2. The normalized spacial score (nSPS) is 12.1. The standard InChI is InChI=1S/C11H14FNO2/c1-2-3-10(11(14)15)13-9-6-4-8(12)5-7-9/h4-7,10,13H,2-3H2,1H3,(H,14,15). The fourth-order valence-electron chi connectivity index (χ4n) is 1.29. The molecule has 0 aromatic heterocycles. The number of benzene rings is 1. The zero-order valence-corrected chi connectivity index (χ0v) is 8.53. The maximum atomic E-state index is 12.6. The molecule has 1 rings (SSSR count). The largest absolute Gasteiger partial charge is 0.480 e. The third-order valence-corrected chi connectivity index (χ3v) is 2.06. The van der Waals surface area contributed by atoms with Gasteiger partial charge in [0.1, 0.15) is 11.9 Å². The highest BCUT2D eigenvalue weighted by molar-refractivity contribution is 5.77. The van der Waals surface area contributed by atoms with Crippen LogP contribution in [-0.4, -0.2) is 17.1 Å². The average Bonchev–Trinajstić information content (AvgIpc) is 2.20. The smallest absolute Gasteiger partial charge is 0.326 e. The molecule has 0 bridgehead atoms. The summed E-state index contributed by atoms with van der Waals surface area (Å²) < 4.78 is 12.6. The van der Waals surface area contributed by atoms with Gasteiger partial charge in [0.25, 0.3) is 0 Å². The number of nitrogens with one attached hydrogen (secondary N) is 1. The molecule has 15 heavy (non-hydrogen) atoms. The number of halogens is 1. The lowest BCUT2D eigenvalue weighted by molar-refractivity contribution is -0.138. The number of hydrogen-bond acceptors (Lipinski definition) is 2. The highest BCUT2D eigenvalue weighted by Gasteiger charge is 2.15. The first-order valence-electron chi connectivity index (χ1n) is 4.88. The number of rotatable bonds is 5. The molecule has 0 saturated carbocycles. The van der Waals surface area contributed by atoms with Crippen LogP contribution in [0.15, 0.2) is 24.3 Å². The fourth-order valence-corrected chi connectivity index (χ4v) is 1.29. The molecule has 4 heteroatoms. The topological polar surface area (TPSA) is 49.3 Å². The molecule has 0 aliphatic carbocycles. The van der Waals surface area contributed by atoms with E-state index >= 15 is 0 Å². The predicted molar refractivity (Wildman–Crippen MR) is 56.4 cm³/mol. The van der Waals surface area contributed by atoms with Gasteiger partial charge < -0.3 is 10.4 Å². The van der Waals surface area contributed by atoms with Crippen LogP contribution >= 0.6 is 0 Å². The van der Waals surface area contributed by atoms with Crippen LogP contribution in [0.4, 0.5) is 10.1 Å². The first-order valence-corrected chi connectivity index (χ1v) is 4.88. The summed E-state index contributed by atoms with van der Waals surface area (Å²) in [6.07, 6.45) is 1.33. The summed E-state index contributed by atoms with van der Waals surface area (Å²) in [6.45, 7) is 1.92. The van der Waals surface area contributed by atoms with Gasteiger partial charge in [-0.3, -0.25) is 0 Å². The van der Waals surface area contributed by atoms with Gasteiger partial charge in [0.15, 0.2) is 0 Å². The molecule has 2 N–H and O–H groups in total. The Hall–Kier alpha value is -1.58. The third kappa shape index (κ3) is 3.58. The molecule has 3 nitrogen and oxygen atoms in total. The van der Waals surface area contributed by atoms with Crippen molar-refractivity contribution in [2.24, 2.45) is 0 Å². The van der Waals surface area contributed by atoms with Crippen LogP contribution in [0.2, 0.25) is 0 Å². The van der Waals surface area contributed by atoms with Gasteiger partial charge in [-0.05, 0) is 30.7 Å². The maximum absolute atomic E-state index is 12.6. The van der Waals surface area contributed by atoms with E-state index in [-0.39, 0.29) is 5.82 Å². The van der Waals surface area contributed by atoms with Crippen molar-refractivity contribution in [3.63, 3.8) is 0 Å². The van der Waals surface area contributed by atoms with Crippen LogP contribution in [0, 0.1) is 5.82 Å². The first kappa shape index (κ1) is 11.5. The molecule has 0 aliphatic heterocycles. The van der Waals surface area contributed by atoms with Crippen LogP contribution in [0.3, 0.4) is 0 Å². The Balaban J connectivity index is 2.65. The third-order valence-electron chi connectivity index (χ3n) is 2.06. The van der Waals surface area contributed by atoms with Crippen molar-refractivity contribution in [3.8, 4) is 0 Å². The van der Waals surface area contributed by atoms with Crippen LogP contribution < -0.4 is 5.32 Å². The van der Waals surface area contributed by atoms with Crippen molar-refractivity contribution >= 4 is 11.7 Å². The molecule has 0 saturated heterocycles. The Morgan fingerprint density at radius 2 is 2.07 bits per heavy atom. The van der Waals surface area contributed by atoms with Crippen molar-refractivity contribution in [1.29, 1.82) is 0 Å². The van der Waals surface area contributed by atoms with Gasteiger partial charge in [-0.1, -0.05) is 13.3 Å². The van der Waals surface area contributed by atoms with Gasteiger partial charge in [-0.25, -0.2) is 9.18 Å². The lowest BCUT2D eigenvalue weighted by Crippen LogP contribution is -2.28. The summed E-state index contributed by atoms with van der Waals surface area (Å²) in [7, 11) is 0. The molecule has 0 spiro atoms. The van der Waals surface area contributed by atoms with Crippen molar-refractivity contribution in [2.75, 3.05) is 5.32 Å². The molecule has 1 aromatic rings. The first-order chi connectivity index (χ1) is 7.13. The van der Waals surface area contributed by atoms with Gasteiger partial charge in [0.05, 0.1) is 0 Å². The number of hydrogen-bond donors (Lipinski definition) is 2. The summed E-state index contributed by atoms with van der Waals surface area (Å²) in [4.78, 5) is 10.8. The van der Waals surface area contributed by atoms with Gasteiger partial charge >= 0.3 is 5.97 Å². The number of anilines is 1. The SMILES string of the molecule is CCCC(Nc1ccc(F)cc1)C(=O)O. The van der Waals surface area contributed by atoms with Gasteiger partial charge in [0, 0.05) is 5.69 Å². The number of aliphatic carboxylic acids is 1. The average molecular weight is 211 g/mol. The Morgan fingerprint density at radius 3 is 2.53 bits per heavy atom. The highest BCUT2D eigenvalue weighted by Crippen LogP contribution is 2.11. The van der Waals surface area contributed by atoms with E-state index in [2.05, 4.69) is 5.32 Å². The Morgan fingerprint density at radius 1 is 1.47 bits per heavy atom. The quantitative estimate of drug-likeness (QED) is 0.786. The molecule has 0 amide bonds. The van der Waals surface area contributed by atoms with Crippen molar-refractivity contribution in [2.45, 2.75) is 25.8 Å². The molecule has 1 aromatic carbocycles. The summed E-state index contributed by atoms with van der Waals surface area (Å²) in [6, 6.07) is 5.04. The second-order valence-electron chi connectivity index (χ2n) is 3.33. The van der Waals surface area contributed by atoms with E-state index in [9.17, 15) is 9.18 Å². The van der Waals surface area contributed by atoms with Gasteiger partial charge in [-0.15, -0.1) is 0 Å².